The van der Waals surface area contributed by atoms with Crippen LogP contribution >= 0.6 is 28.1 Å². The molecule has 1 N–H and O–H groups in total. The number of nitrogens with one attached hydrogen (secondary N) is 1. The number of benzene rings is 2. The Morgan fingerprint density at radius 3 is 2.59 bits per heavy atom. The largest absolute Gasteiger partial charge is 0.293 e. The van der Waals surface area contributed by atoms with Crippen molar-refractivity contribution in [3.05, 3.63) is 74.7 Å². The quantitative estimate of drug-likeness (QED) is 0.454. The van der Waals surface area contributed by atoms with E-state index in [1.165, 1.54) is 5.56 Å². The fourth-order valence-corrected chi connectivity index (χ4v) is 4.29. The number of aromatic nitrogens is 3. The molecule has 0 saturated carbocycles. The van der Waals surface area contributed by atoms with Crippen LogP contribution in [-0.2, 0) is 17.6 Å². The second-order valence-corrected chi connectivity index (χ2v) is 8.83. The van der Waals surface area contributed by atoms with E-state index < -0.39 is 0 Å². The van der Waals surface area contributed by atoms with E-state index in [1.54, 1.807) is 9.58 Å². The molecule has 9 heteroatoms. The Labute approximate surface area is 200 Å². The van der Waals surface area contributed by atoms with Crippen molar-refractivity contribution in [2.24, 2.45) is 5.10 Å². The highest BCUT2D eigenvalue weighted by Crippen LogP contribution is 2.32. The summed E-state index contributed by atoms with van der Waals surface area (Å²) in [5, 5.41) is 11.9. The van der Waals surface area contributed by atoms with Gasteiger partial charge in [0.05, 0.1) is 12.4 Å². The molecule has 32 heavy (non-hydrogen) atoms. The Bertz CT molecular complexity index is 1200. The molecule has 4 rings (SSSR count). The molecule has 0 aliphatic carbocycles. The highest BCUT2D eigenvalue weighted by Gasteiger charge is 2.35. The first-order valence-corrected chi connectivity index (χ1v) is 11.8. The van der Waals surface area contributed by atoms with E-state index in [2.05, 4.69) is 57.0 Å². The van der Waals surface area contributed by atoms with Crippen LogP contribution in [0.5, 0.6) is 0 Å². The van der Waals surface area contributed by atoms with Gasteiger partial charge in [0.2, 0.25) is 4.77 Å². The number of amides is 1. The Morgan fingerprint density at radius 1 is 1.12 bits per heavy atom. The molecule has 3 aromatic rings. The summed E-state index contributed by atoms with van der Waals surface area (Å²) in [5.41, 5.74) is 3.21. The second kappa shape index (κ2) is 9.89. The molecule has 0 saturated heterocycles. The normalized spacial score (nSPS) is 14.6. The number of carbonyl (C=O) groups excluding carboxylic acids is 1. The third-order valence-electron chi connectivity index (χ3n) is 5.59. The summed E-state index contributed by atoms with van der Waals surface area (Å²) in [7, 11) is 0. The van der Waals surface area contributed by atoms with Crippen LogP contribution in [0.25, 0.3) is 0 Å². The third-order valence-corrected chi connectivity index (χ3v) is 6.34. The predicted octanol–water partition coefficient (Wildman–Crippen LogP) is 4.39. The molecule has 0 fully saturated rings. The van der Waals surface area contributed by atoms with Crippen LogP contribution in [0.4, 0.5) is 5.69 Å². The van der Waals surface area contributed by atoms with Gasteiger partial charge in [0, 0.05) is 16.5 Å². The molecule has 1 aromatic heterocycles. The summed E-state index contributed by atoms with van der Waals surface area (Å²) in [6.45, 7) is 6.40. The fourth-order valence-electron chi connectivity index (χ4n) is 3.74. The highest BCUT2D eigenvalue weighted by atomic mass is 79.9. The fraction of sp³-hybridized carbons (Fsp3) is 0.304. The van der Waals surface area contributed by atoms with E-state index in [9.17, 15) is 4.79 Å². The first-order chi connectivity index (χ1) is 15.5. The van der Waals surface area contributed by atoms with Crippen molar-refractivity contribution in [1.82, 2.24) is 19.8 Å². The molecular weight excluding hydrogens is 488 g/mol. The van der Waals surface area contributed by atoms with Gasteiger partial charge in [-0.25, -0.2) is 0 Å². The maximum atomic E-state index is 13.4. The zero-order chi connectivity index (χ0) is 22.7. The molecule has 0 bridgehead atoms. The number of hydrogen-bond donors (Lipinski definition) is 1. The standard InChI is InChI=1S/C23H25BrN6OS/c1-3-28(4-2)15-29-19-12-11-17(24)14-18(19)21(22(29)31)27-30-20(25-26-23(30)32)13-10-16-8-6-5-7-9-16/h5-9,11-12,14H,3-4,10,13,15H2,1-2H3,(H,26,32)/b27-21-. The van der Waals surface area contributed by atoms with E-state index in [0.717, 1.165) is 35.2 Å². The molecule has 1 aliphatic rings. The monoisotopic (exact) mass is 512 g/mol. The lowest BCUT2D eigenvalue weighted by atomic mass is 10.1. The molecule has 0 radical (unpaired) electrons. The molecule has 7 nitrogen and oxygen atoms in total. The summed E-state index contributed by atoms with van der Waals surface area (Å²) < 4.78 is 2.84. The summed E-state index contributed by atoms with van der Waals surface area (Å²) >= 11 is 8.96. The maximum absolute atomic E-state index is 13.4. The molecule has 1 amide bonds. The smallest absolute Gasteiger partial charge is 0.280 e. The van der Waals surface area contributed by atoms with Gasteiger partial charge in [0.25, 0.3) is 5.91 Å². The van der Waals surface area contributed by atoms with E-state index in [-0.39, 0.29) is 5.91 Å². The maximum Gasteiger partial charge on any atom is 0.280 e. The van der Waals surface area contributed by atoms with Crippen molar-refractivity contribution in [3.63, 3.8) is 0 Å². The summed E-state index contributed by atoms with van der Waals surface area (Å²) in [5.74, 6) is 0.556. The lowest BCUT2D eigenvalue weighted by molar-refractivity contribution is -0.112. The van der Waals surface area contributed by atoms with Gasteiger partial charge in [-0.3, -0.25) is 19.7 Å². The number of hydrogen-bond acceptors (Lipinski definition) is 5. The average Bonchev–Trinajstić information content (AvgIpc) is 3.28. The number of H-pyrrole nitrogens is 1. The zero-order valence-electron chi connectivity index (χ0n) is 18.1. The van der Waals surface area contributed by atoms with Crippen LogP contribution in [0.3, 0.4) is 0 Å². The number of nitrogens with zero attached hydrogens (tertiary/aromatic N) is 5. The highest BCUT2D eigenvalue weighted by molar-refractivity contribution is 9.10. The minimum Gasteiger partial charge on any atom is -0.293 e. The van der Waals surface area contributed by atoms with Gasteiger partial charge >= 0.3 is 0 Å². The van der Waals surface area contributed by atoms with E-state index in [1.807, 2.05) is 36.4 Å². The zero-order valence-corrected chi connectivity index (χ0v) is 20.5. The van der Waals surface area contributed by atoms with Crippen molar-refractivity contribution in [2.75, 3.05) is 24.7 Å². The second-order valence-electron chi connectivity index (χ2n) is 7.53. The first-order valence-electron chi connectivity index (χ1n) is 10.6. The lowest BCUT2D eigenvalue weighted by Crippen LogP contribution is -2.41. The number of halogens is 1. The van der Waals surface area contributed by atoms with Gasteiger partial charge in [0.1, 0.15) is 0 Å². The topological polar surface area (TPSA) is 69.5 Å². The van der Waals surface area contributed by atoms with Crippen molar-refractivity contribution in [2.45, 2.75) is 26.7 Å². The van der Waals surface area contributed by atoms with Crippen LogP contribution in [-0.4, -0.2) is 51.2 Å². The minimum absolute atomic E-state index is 0.137. The molecule has 2 heterocycles. The van der Waals surface area contributed by atoms with Gasteiger partial charge in [-0.2, -0.15) is 14.9 Å². The van der Waals surface area contributed by atoms with E-state index >= 15 is 0 Å². The molecule has 1 aliphatic heterocycles. The van der Waals surface area contributed by atoms with Gasteiger partial charge in [0.15, 0.2) is 11.5 Å². The van der Waals surface area contributed by atoms with Crippen LogP contribution in [0.2, 0.25) is 0 Å². The first kappa shape index (κ1) is 22.6. The van der Waals surface area contributed by atoms with Crippen LogP contribution in [0.15, 0.2) is 58.1 Å². The van der Waals surface area contributed by atoms with Crippen molar-refractivity contribution in [1.29, 1.82) is 0 Å². The predicted molar refractivity (Wildman–Crippen MR) is 133 cm³/mol. The summed E-state index contributed by atoms with van der Waals surface area (Å²) in [4.78, 5) is 17.4. The SMILES string of the molecule is CCN(CC)CN1C(=O)/C(=N\n2c(CCc3ccccc3)n[nH]c2=S)c2cc(Br)ccc21. The van der Waals surface area contributed by atoms with Crippen molar-refractivity contribution >= 4 is 45.5 Å². The van der Waals surface area contributed by atoms with E-state index in [4.69, 9.17) is 17.3 Å². The molecule has 166 valence electrons. The number of anilines is 1. The van der Waals surface area contributed by atoms with Gasteiger partial charge in [-0.1, -0.05) is 60.1 Å². The number of aromatic amines is 1. The van der Waals surface area contributed by atoms with E-state index in [0.29, 0.717) is 29.4 Å². The molecule has 0 atom stereocenters. The number of carbonyl (C=O) groups is 1. The Kier molecular flexibility index (Phi) is 6.98. The van der Waals surface area contributed by atoms with Crippen molar-refractivity contribution < 1.29 is 4.79 Å². The number of fused-ring (bicyclic) bond motifs is 1. The summed E-state index contributed by atoms with van der Waals surface area (Å²) in [6, 6.07) is 16.0. The lowest BCUT2D eigenvalue weighted by Gasteiger charge is -2.25. The molecule has 2 aromatic carbocycles. The van der Waals surface area contributed by atoms with Gasteiger partial charge in [-0.05, 0) is 55.5 Å². The van der Waals surface area contributed by atoms with Crippen molar-refractivity contribution in [3.8, 4) is 0 Å². The van der Waals surface area contributed by atoms with Gasteiger partial charge < -0.3 is 0 Å². The Hall–Kier alpha value is -2.62. The molecular formula is C23H25BrN6OS. The van der Waals surface area contributed by atoms with Crippen LogP contribution in [0, 0.1) is 4.77 Å². The Morgan fingerprint density at radius 2 is 1.88 bits per heavy atom. The molecule has 0 unspecified atom stereocenters. The van der Waals surface area contributed by atoms with Gasteiger partial charge in [-0.15, -0.1) is 0 Å². The minimum atomic E-state index is -0.137. The Balaban J connectivity index is 1.70. The number of aryl methyl sites for hydroxylation is 2. The average molecular weight is 513 g/mol. The number of rotatable bonds is 8. The van der Waals surface area contributed by atoms with Crippen LogP contribution in [0.1, 0.15) is 30.8 Å². The van der Waals surface area contributed by atoms with Crippen LogP contribution < -0.4 is 4.90 Å². The third kappa shape index (κ3) is 4.60. The molecule has 0 spiro atoms. The summed E-state index contributed by atoms with van der Waals surface area (Å²) in [6.07, 6.45) is 1.45.